The Kier molecular flexibility index (Phi) is 3.74. The fourth-order valence-electron chi connectivity index (χ4n) is 1.93. The van der Waals surface area contributed by atoms with Gasteiger partial charge in [0.05, 0.1) is 5.02 Å². The van der Waals surface area contributed by atoms with E-state index in [1.807, 2.05) is 6.07 Å². The maximum atomic E-state index is 6.10. The molecule has 1 aromatic rings. The minimum Gasteiger partial charge on any atom is -0.370 e. The van der Waals surface area contributed by atoms with Crippen molar-refractivity contribution in [3.63, 3.8) is 0 Å². The molecular weight excluding hydrogens is 322 g/mol. The minimum absolute atomic E-state index is 0.303. The number of hydrogen-bond acceptors (Lipinski definition) is 2. The van der Waals surface area contributed by atoms with Gasteiger partial charge in [0.1, 0.15) is 0 Å². The Labute approximate surface area is 109 Å². The predicted molar refractivity (Wildman–Crippen MR) is 73.6 cm³/mol. The number of nitrogens with zero attached hydrogens (tertiary/aromatic N) is 1. The van der Waals surface area contributed by atoms with E-state index < -0.39 is 0 Å². The van der Waals surface area contributed by atoms with Crippen LogP contribution in [0.2, 0.25) is 5.02 Å². The highest BCUT2D eigenvalue weighted by atomic mass is 127. The third-order valence-electron chi connectivity index (χ3n) is 2.73. The van der Waals surface area contributed by atoms with Gasteiger partial charge in [-0.05, 0) is 53.6 Å². The lowest BCUT2D eigenvalue weighted by Crippen LogP contribution is -2.42. The zero-order chi connectivity index (χ0) is 10.8. The summed E-state index contributed by atoms with van der Waals surface area (Å²) in [6.07, 6.45) is 2.30. The SMILES string of the molecule is NC1CCCN(c2ccc(I)c(Cl)c2)C1. The van der Waals surface area contributed by atoms with Gasteiger partial charge in [-0.1, -0.05) is 11.6 Å². The highest BCUT2D eigenvalue weighted by molar-refractivity contribution is 14.1. The summed E-state index contributed by atoms with van der Waals surface area (Å²) in [6.45, 7) is 2.03. The van der Waals surface area contributed by atoms with Crippen molar-refractivity contribution in [2.24, 2.45) is 5.73 Å². The van der Waals surface area contributed by atoms with E-state index in [1.54, 1.807) is 0 Å². The highest BCUT2D eigenvalue weighted by Crippen LogP contribution is 2.26. The molecule has 0 bridgehead atoms. The number of benzene rings is 1. The second kappa shape index (κ2) is 4.89. The summed E-state index contributed by atoms with van der Waals surface area (Å²) in [5, 5.41) is 0.826. The molecular formula is C11H14ClIN2. The van der Waals surface area contributed by atoms with Gasteiger partial charge in [0, 0.05) is 28.4 Å². The smallest absolute Gasteiger partial charge is 0.0560 e. The second-order valence-electron chi connectivity index (χ2n) is 3.95. The van der Waals surface area contributed by atoms with E-state index in [9.17, 15) is 0 Å². The number of piperidine rings is 1. The maximum absolute atomic E-state index is 6.10. The lowest BCUT2D eigenvalue weighted by molar-refractivity contribution is 0.506. The molecule has 2 nitrogen and oxygen atoms in total. The lowest BCUT2D eigenvalue weighted by Gasteiger charge is -2.32. The van der Waals surface area contributed by atoms with E-state index in [1.165, 1.54) is 12.1 Å². The summed E-state index contributed by atoms with van der Waals surface area (Å²) < 4.78 is 1.10. The summed E-state index contributed by atoms with van der Waals surface area (Å²) in [4.78, 5) is 2.32. The molecule has 1 saturated heterocycles. The van der Waals surface area contributed by atoms with Gasteiger partial charge in [-0.2, -0.15) is 0 Å². The first kappa shape index (κ1) is 11.5. The van der Waals surface area contributed by atoms with Gasteiger partial charge < -0.3 is 10.6 Å². The van der Waals surface area contributed by atoms with E-state index in [-0.39, 0.29) is 0 Å². The van der Waals surface area contributed by atoms with Crippen molar-refractivity contribution >= 4 is 39.9 Å². The molecule has 0 aliphatic carbocycles. The van der Waals surface area contributed by atoms with Crippen LogP contribution in [-0.2, 0) is 0 Å². The molecule has 1 aliphatic heterocycles. The molecule has 1 atom stereocenters. The van der Waals surface area contributed by atoms with Crippen LogP contribution in [0.25, 0.3) is 0 Å². The molecule has 82 valence electrons. The molecule has 1 unspecified atom stereocenters. The quantitative estimate of drug-likeness (QED) is 0.799. The van der Waals surface area contributed by atoms with Crippen molar-refractivity contribution in [3.05, 3.63) is 26.8 Å². The van der Waals surface area contributed by atoms with Gasteiger partial charge in [-0.15, -0.1) is 0 Å². The molecule has 2 N–H and O–H groups in total. The Hall–Kier alpha value is -0.0000000000000000555. The molecule has 0 amide bonds. The summed E-state index contributed by atoms with van der Waals surface area (Å²) in [7, 11) is 0. The summed E-state index contributed by atoms with van der Waals surface area (Å²) in [5.74, 6) is 0. The largest absolute Gasteiger partial charge is 0.370 e. The van der Waals surface area contributed by atoms with Crippen LogP contribution in [0.5, 0.6) is 0 Å². The molecule has 4 heteroatoms. The van der Waals surface area contributed by atoms with E-state index in [2.05, 4.69) is 39.6 Å². The van der Waals surface area contributed by atoms with Crippen molar-refractivity contribution in [2.45, 2.75) is 18.9 Å². The van der Waals surface area contributed by atoms with Crippen LogP contribution in [0.4, 0.5) is 5.69 Å². The maximum Gasteiger partial charge on any atom is 0.0560 e. The minimum atomic E-state index is 0.303. The summed E-state index contributed by atoms with van der Waals surface area (Å²) in [6, 6.07) is 6.50. The van der Waals surface area contributed by atoms with E-state index in [0.717, 1.165) is 28.1 Å². The van der Waals surface area contributed by atoms with Crippen molar-refractivity contribution in [3.8, 4) is 0 Å². The first-order chi connectivity index (χ1) is 7.16. The van der Waals surface area contributed by atoms with Crippen LogP contribution in [0, 0.1) is 3.57 Å². The molecule has 0 saturated carbocycles. The van der Waals surface area contributed by atoms with Crippen LogP contribution in [0.15, 0.2) is 18.2 Å². The lowest BCUT2D eigenvalue weighted by atomic mass is 10.1. The number of hydrogen-bond donors (Lipinski definition) is 1. The highest BCUT2D eigenvalue weighted by Gasteiger charge is 2.17. The van der Waals surface area contributed by atoms with Crippen LogP contribution in [-0.4, -0.2) is 19.1 Å². The Morgan fingerprint density at radius 2 is 2.27 bits per heavy atom. The number of rotatable bonds is 1. The van der Waals surface area contributed by atoms with Crippen molar-refractivity contribution in [1.82, 2.24) is 0 Å². The molecule has 15 heavy (non-hydrogen) atoms. The average molecular weight is 337 g/mol. The van der Waals surface area contributed by atoms with Crippen LogP contribution in [0.1, 0.15) is 12.8 Å². The summed E-state index contributed by atoms with van der Waals surface area (Å²) >= 11 is 8.34. The van der Waals surface area contributed by atoms with Crippen molar-refractivity contribution in [1.29, 1.82) is 0 Å². The van der Waals surface area contributed by atoms with E-state index in [4.69, 9.17) is 17.3 Å². The predicted octanol–water partition coefficient (Wildman–Crippen LogP) is 2.87. The monoisotopic (exact) mass is 336 g/mol. The van der Waals surface area contributed by atoms with E-state index >= 15 is 0 Å². The molecule has 1 aliphatic rings. The molecule has 1 heterocycles. The Morgan fingerprint density at radius 3 is 2.93 bits per heavy atom. The topological polar surface area (TPSA) is 29.3 Å². The number of nitrogens with two attached hydrogens (primary N) is 1. The second-order valence-corrected chi connectivity index (χ2v) is 5.52. The zero-order valence-corrected chi connectivity index (χ0v) is 11.3. The molecule has 1 aromatic carbocycles. The average Bonchev–Trinajstić information content (AvgIpc) is 2.22. The Morgan fingerprint density at radius 1 is 1.47 bits per heavy atom. The molecule has 0 spiro atoms. The van der Waals surface area contributed by atoms with Crippen LogP contribution in [0.3, 0.4) is 0 Å². The number of anilines is 1. The van der Waals surface area contributed by atoms with Gasteiger partial charge >= 0.3 is 0 Å². The first-order valence-electron chi connectivity index (χ1n) is 5.12. The first-order valence-corrected chi connectivity index (χ1v) is 6.58. The fourth-order valence-corrected chi connectivity index (χ4v) is 2.44. The Bertz CT molecular complexity index is 356. The van der Waals surface area contributed by atoms with Crippen LogP contribution >= 0.6 is 34.2 Å². The van der Waals surface area contributed by atoms with Crippen LogP contribution < -0.4 is 10.6 Å². The van der Waals surface area contributed by atoms with E-state index in [0.29, 0.717) is 6.04 Å². The van der Waals surface area contributed by atoms with Gasteiger partial charge in [0.2, 0.25) is 0 Å². The Balaban J connectivity index is 2.18. The fraction of sp³-hybridized carbons (Fsp3) is 0.455. The van der Waals surface area contributed by atoms with Gasteiger partial charge in [0.25, 0.3) is 0 Å². The number of halogens is 2. The zero-order valence-electron chi connectivity index (χ0n) is 8.42. The van der Waals surface area contributed by atoms with Gasteiger partial charge in [-0.25, -0.2) is 0 Å². The standard InChI is InChI=1S/C11H14ClIN2/c12-10-6-9(3-4-11(10)13)15-5-1-2-8(14)7-15/h3-4,6,8H,1-2,5,7,14H2. The third-order valence-corrected chi connectivity index (χ3v) is 4.30. The molecule has 0 radical (unpaired) electrons. The van der Waals surface area contributed by atoms with Crippen molar-refractivity contribution < 1.29 is 0 Å². The molecule has 1 fully saturated rings. The molecule has 2 rings (SSSR count). The summed E-state index contributed by atoms with van der Waals surface area (Å²) in [5.41, 5.74) is 7.14. The third kappa shape index (κ3) is 2.77. The van der Waals surface area contributed by atoms with Crippen molar-refractivity contribution in [2.75, 3.05) is 18.0 Å². The van der Waals surface area contributed by atoms with Gasteiger partial charge in [-0.3, -0.25) is 0 Å². The van der Waals surface area contributed by atoms with Gasteiger partial charge in [0.15, 0.2) is 0 Å². The molecule has 0 aromatic heterocycles. The normalized spacial score (nSPS) is 21.8.